The molecule has 2 aromatic rings. The van der Waals surface area contributed by atoms with E-state index < -0.39 is 5.24 Å². The third-order valence-electron chi connectivity index (χ3n) is 3.22. The Morgan fingerprint density at radius 1 is 0.828 bits per heavy atom. The van der Waals surface area contributed by atoms with E-state index in [1.54, 1.807) is 24.3 Å². The smallest absolute Gasteiger partial charge is 0.236 e. The van der Waals surface area contributed by atoms with Crippen molar-refractivity contribution in [3.8, 4) is 0 Å². The second-order valence-electron chi connectivity index (χ2n) is 5.51. The average molecular weight is 468 g/mol. The Bertz CT molecular complexity index is 715. The molecule has 0 atom stereocenters. The average Bonchev–Trinajstić information content (AvgIpc) is 2.72. The lowest BCUT2D eigenvalue weighted by molar-refractivity contribution is -0.118. The first-order valence-corrected chi connectivity index (χ1v) is 10.0. The molecule has 2 rings (SSSR count). The quantitative estimate of drug-likeness (QED) is 0.477. The van der Waals surface area contributed by atoms with Crippen molar-refractivity contribution < 1.29 is 18.4 Å². The molecule has 0 unspecified atom stereocenters. The van der Waals surface area contributed by atoms with Gasteiger partial charge in [-0.2, -0.15) is 0 Å². The number of amides is 1. The van der Waals surface area contributed by atoms with Crippen molar-refractivity contribution in [1.29, 1.82) is 0 Å². The molecule has 4 nitrogen and oxygen atoms in total. The largest absolute Gasteiger partial charge is 0.355 e. The molecule has 2 aromatic carbocycles. The summed E-state index contributed by atoms with van der Waals surface area (Å²) in [5.41, 5.74) is 7.38. The molecule has 9 heteroatoms. The summed E-state index contributed by atoms with van der Waals surface area (Å²) in [4.78, 5) is 20.2. The van der Waals surface area contributed by atoms with Crippen molar-refractivity contribution in [2.45, 2.75) is 12.8 Å². The Labute approximate surface area is 184 Å². The third kappa shape index (κ3) is 15.8. The van der Waals surface area contributed by atoms with Gasteiger partial charge in [0.1, 0.15) is 17.5 Å². The molecule has 0 spiro atoms. The third-order valence-corrected chi connectivity index (χ3v) is 3.98. The number of hydrogen-bond donors (Lipinski definition) is 2. The van der Waals surface area contributed by atoms with E-state index in [9.17, 15) is 18.4 Å². The van der Waals surface area contributed by atoms with Crippen LogP contribution in [0.5, 0.6) is 0 Å². The molecular weight excluding hydrogens is 445 g/mol. The Morgan fingerprint density at radius 3 is 1.59 bits per heavy atom. The predicted molar refractivity (Wildman–Crippen MR) is 115 cm³/mol. The van der Waals surface area contributed by atoms with Gasteiger partial charge in [-0.25, -0.2) is 8.78 Å². The number of nitrogens with two attached hydrogens (primary N) is 1. The van der Waals surface area contributed by atoms with E-state index in [0.717, 1.165) is 17.5 Å². The van der Waals surface area contributed by atoms with Crippen molar-refractivity contribution in [2.24, 2.45) is 5.73 Å². The SMILES string of the molecule is NCCc1ccc(F)cc1.O=C(CCl)NCCc1ccc(F)cc1.O=C(Cl)CCl. The van der Waals surface area contributed by atoms with Gasteiger partial charge in [0, 0.05) is 6.54 Å². The summed E-state index contributed by atoms with van der Waals surface area (Å²) < 4.78 is 24.8. The molecule has 0 radical (unpaired) electrons. The van der Waals surface area contributed by atoms with E-state index >= 15 is 0 Å². The highest BCUT2D eigenvalue weighted by Gasteiger charge is 1.98. The molecule has 160 valence electrons. The fourth-order valence-electron chi connectivity index (χ4n) is 1.86. The molecule has 0 bridgehead atoms. The minimum Gasteiger partial charge on any atom is -0.355 e. The number of carbonyl (C=O) groups excluding carboxylic acids is 2. The molecule has 0 saturated carbocycles. The first kappa shape index (κ1) is 27.3. The van der Waals surface area contributed by atoms with Gasteiger partial charge in [0.2, 0.25) is 11.1 Å². The zero-order valence-corrected chi connectivity index (χ0v) is 17.9. The molecular formula is C20H23Cl3F2N2O2. The van der Waals surface area contributed by atoms with Crippen LogP contribution in [0, 0.1) is 11.6 Å². The lowest BCUT2D eigenvalue weighted by Crippen LogP contribution is -2.26. The van der Waals surface area contributed by atoms with Gasteiger partial charge >= 0.3 is 0 Å². The van der Waals surface area contributed by atoms with Crippen LogP contribution in [0.25, 0.3) is 0 Å². The van der Waals surface area contributed by atoms with Crippen molar-refractivity contribution in [2.75, 3.05) is 24.8 Å². The summed E-state index contributed by atoms with van der Waals surface area (Å²) in [6.45, 7) is 1.14. The number of benzene rings is 2. The highest BCUT2D eigenvalue weighted by atomic mass is 35.5. The van der Waals surface area contributed by atoms with Crippen LogP contribution in [0.15, 0.2) is 48.5 Å². The highest BCUT2D eigenvalue weighted by molar-refractivity contribution is 6.67. The second-order valence-corrected chi connectivity index (χ2v) is 6.47. The highest BCUT2D eigenvalue weighted by Crippen LogP contribution is 2.03. The van der Waals surface area contributed by atoms with Crippen LogP contribution in [-0.2, 0) is 22.4 Å². The molecule has 1 amide bonds. The number of rotatable bonds is 7. The zero-order chi connectivity index (χ0) is 22.1. The molecule has 3 N–H and O–H groups in total. The van der Waals surface area contributed by atoms with Gasteiger partial charge in [-0.15, -0.1) is 23.2 Å². The minimum absolute atomic E-state index is 0.0244. The van der Waals surface area contributed by atoms with Gasteiger partial charge < -0.3 is 11.1 Å². The zero-order valence-electron chi connectivity index (χ0n) is 15.6. The number of hydrogen-bond acceptors (Lipinski definition) is 3. The van der Waals surface area contributed by atoms with Crippen molar-refractivity contribution in [3.63, 3.8) is 0 Å². The molecule has 0 fully saturated rings. The minimum atomic E-state index is -0.508. The molecule has 0 aliphatic carbocycles. The molecule has 0 saturated heterocycles. The Balaban J connectivity index is 0.000000455. The van der Waals surface area contributed by atoms with E-state index in [1.807, 2.05) is 0 Å². The predicted octanol–water partition coefficient (Wildman–Crippen LogP) is 4.04. The van der Waals surface area contributed by atoms with Gasteiger partial charge in [-0.3, -0.25) is 9.59 Å². The van der Waals surface area contributed by atoms with Crippen LogP contribution in [0.3, 0.4) is 0 Å². The monoisotopic (exact) mass is 466 g/mol. The Kier molecular flexibility index (Phi) is 16.1. The first-order chi connectivity index (χ1) is 13.8. The van der Waals surface area contributed by atoms with Crippen LogP contribution in [0.1, 0.15) is 11.1 Å². The van der Waals surface area contributed by atoms with Crippen LogP contribution in [0.4, 0.5) is 8.78 Å². The van der Waals surface area contributed by atoms with Gasteiger partial charge in [0.15, 0.2) is 0 Å². The molecule has 0 aromatic heterocycles. The summed E-state index contributed by atoms with van der Waals surface area (Å²) >= 11 is 14.8. The van der Waals surface area contributed by atoms with Gasteiger partial charge in [-0.05, 0) is 66.4 Å². The maximum Gasteiger partial charge on any atom is 0.236 e. The maximum absolute atomic E-state index is 12.5. The lowest BCUT2D eigenvalue weighted by Gasteiger charge is -2.02. The van der Waals surface area contributed by atoms with Crippen molar-refractivity contribution >= 4 is 46.0 Å². The summed E-state index contributed by atoms with van der Waals surface area (Å²) in [6, 6.07) is 12.6. The maximum atomic E-state index is 12.5. The molecule has 0 heterocycles. The van der Waals surface area contributed by atoms with E-state index in [1.165, 1.54) is 24.3 Å². The topological polar surface area (TPSA) is 72.2 Å². The van der Waals surface area contributed by atoms with Crippen molar-refractivity contribution in [3.05, 3.63) is 71.3 Å². The van der Waals surface area contributed by atoms with Gasteiger partial charge in [0.25, 0.3) is 0 Å². The fourth-order valence-corrected chi connectivity index (χ4v) is 1.96. The fraction of sp³-hybridized carbons (Fsp3) is 0.300. The van der Waals surface area contributed by atoms with E-state index in [2.05, 4.69) is 5.32 Å². The second kappa shape index (κ2) is 17.2. The van der Waals surface area contributed by atoms with Crippen molar-refractivity contribution in [1.82, 2.24) is 5.32 Å². The van der Waals surface area contributed by atoms with E-state index in [4.69, 9.17) is 40.5 Å². The Morgan fingerprint density at radius 2 is 1.24 bits per heavy atom. The van der Waals surface area contributed by atoms with E-state index in [-0.39, 0.29) is 29.3 Å². The van der Waals surface area contributed by atoms with Gasteiger partial charge in [-0.1, -0.05) is 24.3 Å². The first-order valence-electron chi connectivity index (χ1n) is 8.58. The van der Waals surface area contributed by atoms with Crippen LogP contribution in [-0.4, -0.2) is 36.0 Å². The van der Waals surface area contributed by atoms with Gasteiger partial charge in [0.05, 0.1) is 5.88 Å². The molecule has 0 aliphatic rings. The number of alkyl halides is 2. The number of nitrogens with one attached hydrogen (secondary N) is 1. The number of halogens is 5. The molecule has 29 heavy (non-hydrogen) atoms. The summed E-state index contributed by atoms with van der Waals surface area (Å²) in [5, 5.41) is 2.12. The molecule has 0 aliphatic heterocycles. The Hall–Kier alpha value is -1.73. The lowest BCUT2D eigenvalue weighted by atomic mass is 10.1. The van der Waals surface area contributed by atoms with Crippen LogP contribution in [0.2, 0.25) is 0 Å². The van der Waals surface area contributed by atoms with E-state index in [0.29, 0.717) is 19.5 Å². The number of carbonyl (C=O) groups is 2. The standard InChI is InChI=1S/C10H11ClFNO.C8H10FN.C2H2Cl2O/c11-7-10(14)13-6-5-8-1-3-9(12)4-2-8;9-8-3-1-7(2-4-8)5-6-10;3-1-2(4)5/h1-4H,5-7H2,(H,13,14);1-4H,5-6,10H2;1H2. The summed E-state index contributed by atoms with van der Waals surface area (Å²) in [6.07, 6.45) is 1.50. The normalized spacial score (nSPS) is 9.45. The van der Waals surface area contributed by atoms with Crippen LogP contribution >= 0.6 is 34.8 Å². The summed E-state index contributed by atoms with van der Waals surface area (Å²) in [5.74, 6) is -0.751. The van der Waals surface area contributed by atoms with Crippen LogP contribution < -0.4 is 11.1 Å². The summed E-state index contributed by atoms with van der Waals surface area (Å²) in [7, 11) is 0.